The van der Waals surface area contributed by atoms with Crippen LogP contribution in [0.15, 0.2) is 0 Å². The summed E-state index contributed by atoms with van der Waals surface area (Å²) in [6.45, 7) is 0. The van der Waals surface area contributed by atoms with Crippen LogP contribution >= 0.6 is 0 Å². The molecule has 1 N–H and O–H groups in total. The molecule has 0 bridgehead atoms. The van der Waals surface area contributed by atoms with Gasteiger partial charge in [-0.15, -0.1) is 0 Å². The van der Waals surface area contributed by atoms with Gasteiger partial charge in [0.1, 0.15) is 6.29 Å². The van der Waals surface area contributed by atoms with Crippen molar-refractivity contribution in [3.63, 3.8) is 0 Å². The van der Waals surface area contributed by atoms with Crippen LogP contribution in [0.3, 0.4) is 0 Å². The number of aldehydes is 1. The molecule has 1 heterocycles. The van der Waals surface area contributed by atoms with Gasteiger partial charge in [-0.25, -0.2) is 8.42 Å². The third-order valence-electron chi connectivity index (χ3n) is 1.84. The molecule has 2 atom stereocenters. The maximum Gasteiger partial charge on any atom is 0.153 e. The fraction of sp³-hybridized carbons (Fsp3) is 0.833. The molecule has 2 unspecified atom stereocenters. The molecular weight excluding hydrogens is 168 g/mol. The topological polar surface area (TPSA) is 71.4 Å². The van der Waals surface area contributed by atoms with Gasteiger partial charge in [-0.3, -0.25) is 0 Å². The van der Waals surface area contributed by atoms with Gasteiger partial charge in [0.2, 0.25) is 0 Å². The summed E-state index contributed by atoms with van der Waals surface area (Å²) in [4.78, 5) is 10.0. The fourth-order valence-electron chi connectivity index (χ4n) is 1.25. The molecule has 5 heteroatoms. The monoisotopic (exact) mass is 178 g/mol. The molecule has 11 heavy (non-hydrogen) atoms. The zero-order chi connectivity index (χ0) is 8.48. The number of rotatable bonds is 2. The predicted molar refractivity (Wildman–Crippen MR) is 38.8 cm³/mol. The van der Waals surface area contributed by atoms with Gasteiger partial charge in [-0.05, 0) is 0 Å². The van der Waals surface area contributed by atoms with Crippen molar-refractivity contribution in [1.82, 2.24) is 0 Å². The number of sulfone groups is 1. The molecule has 0 aromatic carbocycles. The van der Waals surface area contributed by atoms with E-state index in [4.69, 9.17) is 5.11 Å². The minimum Gasteiger partial charge on any atom is -0.392 e. The highest BCUT2D eigenvalue weighted by Crippen LogP contribution is 2.20. The maximum absolute atomic E-state index is 10.9. The van der Waals surface area contributed by atoms with Crippen LogP contribution in [-0.4, -0.2) is 37.4 Å². The van der Waals surface area contributed by atoms with Crippen LogP contribution in [-0.2, 0) is 14.6 Å². The molecule has 1 rings (SSSR count). The van der Waals surface area contributed by atoms with E-state index >= 15 is 0 Å². The van der Waals surface area contributed by atoms with Crippen LogP contribution < -0.4 is 0 Å². The van der Waals surface area contributed by atoms with Gasteiger partial charge in [-0.2, -0.15) is 0 Å². The van der Waals surface area contributed by atoms with Crippen LogP contribution in [0.25, 0.3) is 0 Å². The zero-order valence-corrected chi connectivity index (χ0v) is 6.75. The Hall–Kier alpha value is -0.420. The van der Waals surface area contributed by atoms with Crippen LogP contribution in [0, 0.1) is 5.92 Å². The molecule has 0 saturated carbocycles. The standard InChI is InChI=1S/C6H10O4S/c7-2-1-5-3-11(9,10)4-6(5)8/h2,5-6,8H,1,3-4H2. The van der Waals surface area contributed by atoms with E-state index in [1.54, 1.807) is 0 Å². The van der Waals surface area contributed by atoms with Crippen LogP contribution in [0.4, 0.5) is 0 Å². The Kier molecular flexibility index (Phi) is 2.29. The molecule has 0 aromatic heterocycles. The molecule has 0 amide bonds. The highest BCUT2D eigenvalue weighted by molar-refractivity contribution is 7.91. The molecule has 0 spiro atoms. The second-order valence-electron chi connectivity index (χ2n) is 2.81. The SMILES string of the molecule is O=CCC1CS(=O)(=O)CC1O. The molecule has 64 valence electrons. The van der Waals surface area contributed by atoms with Crippen molar-refractivity contribution < 1.29 is 18.3 Å². The first-order valence-corrected chi connectivity index (χ1v) is 5.19. The third-order valence-corrected chi connectivity index (χ3v) is 3.62. The Balaban J connectivity index is 2.66. The van der Waals surface area contributed by atoms with Crippen molar-refractivity contribution in [2.24, 2.45) is 5.92 Å². The van der Waals surface area contributed by atoms with Gasteiger partial charge in [-0.1, -0.05) is 0 Å². The van der Waals surface area contributed by atoms with Crippen LogP contribution in [0.5, 0.6) is 0 Å². The van der Waals surface area contributed by atoms with Gasteiger partial charge in [0.25, 0.3) is 0 Å². The molecule has 1 saturated heterocycles. The van der Waals surface area contributed by atoms with Crippen molar-refractivity contribution in [3.05, 3.63) is 0 Å². The number of hydrogen-bond acceptors (Lipinski definition) is 4. The first-order valence-electron chi connectivity index (χ1n) is 3.37. The normalized spacial score (nSPS) is 35.4. The lowest BCUT2D eigenvalue weighted by Crippen LogP contribution is -2.17. The number of hydrogen-bond donors (Lipinski definition) is 1. The lowest BCUT2D eigenvalue weighted by molar-refractivity contribution is -0.109. The maximum atomic E-state index is 10.9. The summed E-state index contributed by atoms with van der Waals surface area (Å²) in [6, 6.07) is 0. The average molecular weight is 178 g/mol. The summed E-state index contributed by atoms with van der Waals surface area (Å²) < 4.78 is 21.7. The molecule has 0 radical (unpaired) electrons. The molecular formula is C6H10O4S. The first-order chi connectivity index (χ1) is 5.05. The molecule has 1 aliphatic rings. The van der Waals surface area contributed by atoms with Crippen molar-refractivity contribution >= 4 is 16.1 Å². The van der Waals surface area contributed by atoms with Gasteiger partial charge in [0, 0.05) is 12.3 Å². The Labute approximate surface area is 65.1 Å². The second kappa shape index (κ2) is 2.91. The fourth-order valence-corrected chi connectivity index (χ4v) is 3.19. The lowest BCUT2D eigenvalue weighted by Gasteiger charge is -2.06. The molecule has 1 fully saturated rings. The molecule has 1 aliphatic heterocycles. The minimum absolute atomic E-state index is 0.0487. The molecule has 0 aromatic rings. The Morgan fingerprint density at radius 1 is 1.45 bits per heavy atom. The lowest BCUT2D eigenvalue weighted by atomic mass is 10.0. The summed E-state index contributed by atoms with van der Waals surface area (Å²) in [5.41, 5.74) is 0. The van der Waals surface area contributed by atoms with Crippen molar-refractivity contribution in [1.29, 1.82) is 0 Å². The average Bonchev–Trinajstić information content (AvgIpc) is 2.07. The first kappa shape index (κ1) is 8.67. The Bertz CT molecular complexity index is 243. The minimum atomic E-state index is -3.08. The van der Waals surface area contributed by atoms with Crippen LogP contribution in [0.1, 0.15) is 6.42 Å². The van der Waals surface area contributed by atoms with Gasteiger partial charge < -0.3 is 9.90 Å². The predicted octanol–water partition coefficient (Wildman–Crippen LogP) is -1.02. The molecule has 4 nitrogen and oxygen atoms in total. The highest BCUT2D eigenvalue weighted by atomic mass is 32.2. The van der Waals surface area contributed by atoms with E-state index in [2.05, 4.69) is 0 Å². The highest BCUT2D eigenvalue weighted by Gasteiger charge is 2.35. The Morgan fingerprint density at radius 3 is 2.45 bits per heavy atom. The van der Waals surface area contributed by atoms with E-state index in [9.17, 15) is 13.2 Å². The largest absolute Gasteiger partial charge is 0.392 e. The number of carbonyl (C=O) groups excluding carboxylic acids is 1. The van der Waals surface area contributed by atoms with E-state index in [0.29, 0.717) is 6.29 Å². The van der Waals surface area contributed by atoms with Gasteiger partial charge >= 0.3 is 0 Å². The summed E-state index contributed by atoms with van der Waals surface area (Å²) >= 11 is 0. The third kappa shape index (κ3) is 2.00. The number of aliphatic hydroxyl groups is 1. The smallest absolute Gasteiger partial charge is 0.153 e. The van der Waals surface area contributed by atoms with E-state index in [1.807, 2.05) is 0 Å². The number of aliphatic hydroxyl groups excluding tert-OH is 1. The Morgan fingerprint density at radius 2 is 2.09 bits per heavy atom. The summed E-state index contributed by atoms with van der Waals surface area (Å²) in [5, 5.41) is 9.12. The number of carbonyl (C=O) groups is 1. The van der Waals surface area contributed by atoms with E-state index in [0.717, 1.165) is 0 Å². The molecule has 0 aliphatic carbocycles. The summed E-state index contributed by atoms with van der Waals surface area (Å²) in [5.74, 6) is -0.615. The van der Waals surface area contributed by atoms with Gasteiger partial charge in [0.05, 0.1) is 17.6 Å². The quantitative estimate of drug-likeness (QED) is 0.549. The van der Waals surface area contributed by atoms with E-state index < -0.39 is 15.9 Å². The second-order valence-corrected chi connectivity index (χ2v) is 4.96. The van der Waals surface area contributed by atoms with Crippen LogP contribution in [0.2, 0.25) is 0 Å². The van der Waals surface area contributed by atoms with E-state index in [1.165, 1.54) is 0 Å². The van der Waals surface area contributed by atoms with Crippen molar-refractivity contribution in [3.8, 4) is 0 Å². The van der Waals surface area contributed by atoms with Crippen molar-refractivity contribution in [2.75, 3.05) is 11.5 Å². The summed E-state index contributed by atoms with van der Waals surface area (Å²) in [7, 11) is -3.08. The van der Waals surface area contributed by atoms with Gasteiger partial charge in [0.15, 0.2) is 9.84 Å². The zero-order valence-electron chi connectivity index (χ0n) is 5.93. The van der Waals surface area contributed by atoms with E-state index in [-0.39, 0.29) is 23.8 Å². The van der Waals surface area contributed by atoms with Crippen molar-refractivity contribution in [2.45, 2.75) is 12.5 Å². The summed E-state index contributed by atoms with van der Waals surface area (Å²) in [6.07, 6.45) is -0.0556.